The molecule has 0 unspecified atom stereocenters. The van der Waals surface area contributed by atoms with E-state index < -0.39 is 0 Å². The van der Waals surface area contributed by atoms with Gasteiger partial charge in [-0.2, -0.15) is 0 Å². The van der Waals surface area contributed by atoms with Gasteiger partial charge in [0, 0.05) is 11.7 Å². The van der Waals surface area contributed by atoms with Crippen LogP contribution in [0.5, 0.6) is 0 Å². The average Bonchev–Trinajstić information content (AvgIpc) is 3.23. The van der Waals surface area contributed by atoms with Gasteiger partial charge >= 0.3 is 0 Å². The second kappa shape index (κ2) is 7.35. The Hall–Kier alpha value is -2.54. The van der Waals surface area contributed by atoms with Crippen LogP contribution in [0.2, 0.25) is 0 Å². The Bertz CT molecular complexity index is 797. The first-order chi connectivity index (χ1) is 11.6. The monoisotopic (exact) mass is 342 g/mol. The lowest BCUT2D eigenvalue weighted by Crippen LogP contribution is -2.14. The van der Waals surface area contributed by atoms with Gasteiger partial charge < -0.3 is 9.73 Å². The van der Waals surface area contributed by atoms with Gasteiger partial charge in [-0.05, 0) is 38.1 Å². The molecule has 7 heteroatoms. The fourth-order valence-electron chi connectivity index (χ4n) is 2.26. The zero-order valence-electron chi connectivity index (χ0n) is 13.5. The van der Waals surface area contributed by atoms with Gasteiger partial charge in [-0.3, -0.25) is 9.36 Å². The van der Waals surface area contributed by atoms with Crippen LogP contribution in [-0.4, -0.2) is 26.4 Å². The Morgan fingerprint density at radius 3 is 2.67 bits per heavy atom. The highest BCUT2D eigenvalue weighted by Gasteiger charge is 2.19. The van der Waals surface area contributed by atoms with Crippen LogP contribution < -0.4 is 5.32 Å². The number of benzene rings is 1. The summed E-state index contributed by atoms with van der Waals surface area (Å²) in [5.41, 5.74) is 0.782. The highest BCUT2D eigenvalue weighted by Crippen LogP contribution is 2.27. The molecule has 0 aliphatic carbocycles. The molecule has 1 N–H and O–H groups in total. The first-order valence-corrected chi connectivity index (χ1v) is 8.60. The normalized spacial score (nSPS) is 11.0. The summed E-state index contributed by atoms with van der Waals surface area (Å²) < 4.78 is 7.39. The quantitative estimate of drug-likeness (QED) is 0.689. The predicted octanol–water partition coefficient (Wildman–Crippen LogP) is 3.85. The summed E-state index contributed by atoms with van der Waals surface area (Å²) in [6, 6.07) is 13.2. The topological polar surface area (TPSA) is 73.0 Å². The van der Waals surface area contributed by atoms with Gasteiger partial charge in [0.05, 0.1) is 12.0 Å². The van der Waals surface area contributed by atoms with Crippen LogP contribution in [0.25, 0.3) is 11.6 Å². The average molecular weight is 342 g/mol. The summed E-state index contributed by atoms with van der Waals surface area (Å²) in [5, 5.41) is 12.0. The lowest BCUT2D eigenvalue weighted by molar-refractivity contribution is -0.113. The second-order valence-corrected chi connectivity index (χ2v) is 6.39. The number of amides is 1. The molecule has 0 radical (unpaired) electrons. The molecule has 1 amide bonds. The number of aromatic nitrogens is 3. The number of hydrogen-bond donors (Lipinski definition) is 1. The molecule has 3 aromatic rings. The Labute approximate surface area is 144 Å². The maximum absolute atomic E-state index is 12.1. The van der Waals surface area contributed by atoms with E-state index in [2.05, 4.69) is 15.5 Å². The van der Waals surface area contributed by atoms with Crippen LogP contribution in [0, 0.1) is 0 Å². The van der Waals surface area contributed by atoms with Gasteiger partial charge in [-0.25, -0.2) is 0 Å². The molecule has 2 heterocycles. The molecule has 0 fully saturated rings. The van der Waals surface area contributed by atoms with E-state index in [0.717, 1.165) is 5.69 Å². The van der Waals surface area contributed by atoms with Crippen molar-refractivity contribution >= 4 is 23.4 Å². The summed E-state index contributed by atoms with van der Waals surface area (Å²) in [4.78, 5) is 12.1. The number of nitrogens with one attached hydrogen (secondary N) is 1. The highest BCUT2D eigenvalue weighted by atomic mass is 32.2. The Balaban J connectivity index is 1.70. The van der Waals surface area contributed by atoms with Gasteiger partial charge in [0.25, 0.3) is 0 Å². The lowest BCUT2D eigenvalue weighted by Gasteiger charge is -2.12. The molecule has 2 aromatic heterocycles. The van der Waals surface area contributed by atoms with E-state index in [1.54, 1.807) is 6.26 Å². The Morgan fingerprint density at radius 2 is 2.00 bits per heavy atom. The standard InChI is InChI=1S/C17H18N4O2S/c1-12(2)21-16(14-9-6-10-23-14)19-20-17(21)24-11-15(22)18-13-7-4-3-5-8-13/h3-10,12H,11H2,1-2H3,(H,18,22). The van der Waals surface area contributed by atoms with Crippen molar-refractivity contribution in [2.24, 2.45) is 0 Å². The maximum Gasteiger partial charge on any atom is 0.234 e. The number of anilines is 1. The number of carbonyl (C=O) groups excluding carboxylic acids is 1. The number of hydrogen-bond acceptors (Lipinski definition) is 5. The smallest absolute Gasteiger partial charge is 0.234 e. The number of nitrogens with zero attached hydrogens (tertiary/aromatic N) is 3. The first kappa shape index (κ1) is 16.3. The van der Waals surface area contributed by atoms with Crippen molar-refractivity contribution in [3.8, 4) is 11.6 Å². The third-order valence-electron chi connectivity index (χ3n) is 3.31. The number of furan rings is 1. The molecule has 1 aromatic carbocycles. The zero-order chi connectivity index (χ0) is 16.9. The summed E-state index contributed by atoms with van der Waals surface area (Å²) in [7, 11) is 0. The molecular formula is C17H18N4O2S. The highest BCUT2D eigenvalue weighted by molar-refractivity contribution is 7.99. The molecule has 124 valence electrons. The maximum atomic E-state index is 12.1. The van der Waals surface area contributed by atoms with Gasteiger partial charge in [0.1, 0.15) is 0 Å². The Morgan fingerprint density at radius 1 is 1.21 bits per heavy atom. The lowest BCUT2D eigenvalue weighted by atomic mass is 10.3. The molecule has 6 nitrogen and oxygen atoms in total. The van der Waals surface area contributed by atoms with Crippen LogP contribution >= 0.6 is 11.8 Å². The summed E-state index contributed by atoms with van der Waals surface area (Å²) in [5.74, 6) is 1.51. The molecule has 0 atom stereocenters. The number of para-hydroxylation sites is 1. The van der Waals surface area contributed by atoms with E-state index in [1.165, 1.54) is 11.8 Å². The van der Waals surface area contributed by atoms with E-state index in [0.29, 0.717) is 16.7 Å². The Kier molecular flexibility index (Phi) is 5.00. The van der Waals surface area contributed by atoms with Gasteiger partial charge in [-0.15, -0.1) is 10.2 Å². The van der Waals surface area contributed by atoms with Crippen molar-refractivity contribution in [2.75, 3.05) is 11.1 Å². The molecule has 24 heavy (non-hydrogen) atoms. The number of rotatable bonds is 6. The van der Waals surface area contributed by atoms with Crippen LogP contribution in [0.4, 0.5) is 5.69 Å². The van der Waals surface area contributed by atoms with Crippen LogP contribution in [0.3, 0.4) is 0 Å². The predicted molar refractivity (Wildman–Crippen MR) is 93.9 cm³/mol. The minimum atomic E-state index is -0.0796. The van der Waals surface area contributed by atoms with Gasteiger partial charge in [0.2, 0.25) is 11.7 Å². The van der Waals surface area contributed by atoms with Crippen LogP contribution in [-0.2, 0) is 4.79 Å². The van der Waals surface area contributed by atoms with Crippen molar-refractivity contribution in [1.29, 1.82) is 0 Å². The van der Waals surface area contributed by atoms with Crippen molar-refractivity contribution in [3.05, 3.63) is 48.7 Å². The third-order valence-corrected chi connectivity index (χ3v) is 4.26. The molecule has 0 aliphatic rings. The second-order valence-electron chi connectivity index (χ2n) is 5.45. The van der Waals surface area contributed by atoms with E-state index in [9.17, 15) is 4.79 Å². The fourth-order valence-corrected chi connectivity index (χ4v) is 3.13. The zero-order valence-corrected chi connectivity index (χ0v) is 14.3. The molecule has 0 aliphatic heterocycles. The summed E-state index contributed by atoms with van der Waals surface area (Å²) in [6.45, 7) is 4.09. The van der Waals surface area contributed by atoms with Crippen molar-refractivity contribution in [2.45, 2.75) is 25.0 Å². The van der Waals surface area contributed by atoms with Crippen molar-refractivity contribution < 1.29 is 9.21 Å². The number of carbonyl (C=O) groups is 1. The molecule has 0 spiro atoms. The van der Waals surface area contributed by atoms with Crippen LogP contribution in [0.1, 0.15) is 19.9 Å². The molecular weight excluding hydrogens is 324 g/mol. The summed E-state index contributed by atoms with van der Waals surface area (Å²) in [6.07, 6.45) is 1.61. The fraction of sp³-hybridized carbons (Fsp3) is 0.235. The number of thioether (sulfide) groups is 1. The van der Waals surface area contributed by atoms with Crippen molar-refractivity contribution in [3.63, 3.8) is 0 Å². The van der Waals surface area contributed by atoms with Crippen LogP contribution in [0.15, 0.2) is 58.3 Å². The SMILES string of the molecule is CC(C)n1c(SCC(=O)Nc2ccccc2)nnc1-c1ccco1. The van der Waals surface area contributed by atoms with E-state index >= 15 is 0 Å². The largest absolute Gasteiger partial charge is 0.461 e. The molecule has 0 saturated carbocycles. The van der Waals surface area contributed by atoms with Gasteiger partial charge in [-0.1, -0.05) is 30.0 Å². The van der Waals surface area contributed by atoms with E-state index in [1.807, 2.05) is 60.9 Å². The van der Waals surface area contributed by atoms with Gasteiger partial charge in [0.15, 0.2) is 10.9 Å². The summed E-state index contributed by atoms with van der Waals surface area (Å²) >= 11 is 1.36. The molecule has 3 rings (SSSR count). The third kappa shape index (κ3) is 3.68. The van der Waals surface area contributed by atoms with Crippen molar-refractivity contribution in [1.82, 2.24) is 14.8 Å². The molecule has 0 saturated heterocycles. The molecule has 0 bridgehead atoms. The first-order valence-electron chi connectivity index (χ1n) is 7.61. The minimum Gasteiger partial charge on any atom is -0.461 e. The van der Waals surface area contributed by atoms with E-state index in [-0.39, 0.29) is 17.7 Å². The van der Waals surface area contributed by atoms with E-state index in [4.69, 9.17) is 4.42 Å². The minimum absolute atomic E-state index is 0.0796.